The monoisotopic (exact) mass is 319 g/mol. The lowest BCUT2D eigenvalue weighted by Crippen LogP contribution is -2.54. The van der Waals surface area contributed by atoms with Gasteiger partial charge in [0.1, 0.15) is 0 Å². The van der Waals surface area contributed by atoms with Gasteiger partial charge in [0.15, 0.2) is 0 Å². The molecule has 4 aliphatic rings. The van der Waals surface area contributed by atoms with Crippen molar-refractivity contribution in [2.24, 2.45) is 11.8 Å². The maximum absolute atomic E-state index is 12.8. The molecule has 0 bridgehead atoms. The molecule has 4 heteroatoms. The number of hydrogen-bond donors (Lipinski definition) is 1. The molecule has 4 nitrogen and oxygen atoms in total. The molecule has 1 atom stereocenters. The van der Waals surface area contributed by atoms with Gasteiger partial charge in [-0.3, -0.25) is 4.90 Å². The Bertz CT molecular complexity index is 399. The highest BCUT2D eigenvalue weighted by Gasteiger charge is 2.43. The van der Waals surface area contributed by atoms with Crippen LogP contribution >= 0.6 is 0 Å². The number of urea groups is 1. The molecule has 0 radical (unpaired) electrons. The van der Waals surface area contributed by atoms with Crippen LogP contribution in [0.25, 0.3) is 0 Å². The highest BCUT2D eigenvalue weighted by molar-refractivity contribution is 5.74. The van der Waals surface area contributed by atoms with Gasteiger partial charge in [0, 0.05) is 25.2 Å². The average Bonchev–Trinajstić information content (AvgIpc) is 3.44. The summed E-state index contributed by atoms with van der Waals surface area (Å²) in [5.74, 6) is 1.58. The molecule has 1 unspecified atom stereocenters. The molecule has 130 valence electrons. The number of nitrogens with zero attached hydrogens (tertiary/aromatic N) is 2. The molecule has 1 N–H and O–H groups in total. The summed E-state index contributed by atoms with van der Waals surface area (Å²) >= 11 is 0. The van der Waals surface area contributed by atoms with Crippen LogP contribution in [0, 0.1) is 11.8 Å². The van der Waals surface area contributed by atoms with Crippen LogP contribution in [-0.2, 0) is 0 Å². The zero-order chi connectivity index (χ0) is 15.6. The quantitative estimate of drug-likeness (QED) is 0.863. The molecule has 2 amide bonds. The average molecular weight is 319 g/mol. The maximum atomic E-state index is 12.8. The lowest BCUT2D eigenvalue weighted by Gasteiger charge is -2.39. The van der Waals surface area contributed by atoms with Crippen molar-refractivity contribution in [3.63, 3.8) is 0 Å². The fourth-order valence-electron chi connectivity index (χ4n) is 4.66. The Morgan fingerprint density at radius 3 is 2.09 bits per heavy atom. The Morgan fingerprint density at radius 1 is 0.826 bits per heavy atom. The number of amides is 2. The first-order chi connectivity index (χ1) is 11.3. The molecule has 2 saturated carbocycles. The zero-order valence-corrected chi connectivity index (χ0v) is 14.5. The van der Waals surface area contributed by atoms with E-state index in [4.69, 9.17) is 0 Å². The largest absolute Gasteiger partial charge is 0.335 e. The first-order valence-electron chi connectivity index (χ1n) is 10.1. The second-order valence-electron chi connectivity index (χ2n) is 8.34. The summed E-state index contributed by atoms with van der Waals surface area (Å²) in [7, 11) is 0. The molecular weight excluding hydrogens is 286 g/mol. The Hall–Kier alpha value is -0.770. The van der Waals surface area contributed by atoms with E-state index in [2.05, 4.69) is 15.1 Å². The molecule has 0 aromatic rings. The molecule has 0 aromatic heterocycles. The predicted octanol–water partition coefficient (Wildman–Crippen LogP) is 3.23. The third-order valence-corrected chi connectivity index (χ3v) is 6.39. The molecule has 2 aliphatic heterocycles. The van der Waals surface area contributed by atoms with Crippen molar-refractivity contribution >= 4 is 6.03 Å². The number of hydrogen-bond acceptors (Lipinski definition) is 2. The minimum atomic E-state index is 0.230. The van der Waals surface area contributed by atoms with Crippen LogP contribution < -0.4 is 5.32 Å². The van der Waals surface area contributed by atoms with Crippen LogP contribution in [0.5, 0.6) is 0 Å². The van der Waals surface area contributed by atoms with Gasteiger partial charge in [-0.1, -0.05) is 12.8 Å². The molecule has 2 aliphatic carbocycles. The topological polar surface area (TPSA) is 35.6 Å². The van der Waals surface area contributed by atoms with Gasteiger partial charge >= 0.3 is 6.03 Å². The standard InChI is InChI=1S/C19H33N3O/c23-19(20-18(15-7-8-15)16-9-10-16)22-13-5-6-17(14-22)21-11-3-1-2-4-12-21/h15-18H,1-14H2,(H,20,23). The van der Waals surface area contributed by atoms with Gasteiger partial charge in [0.25, 0.3) is 0 Å². The zero-order valence-electron chi connectivity index (χ0n) is 14.5. The number of carbonyl (C=O) groups excluding carboxylic acids is 1. The van der Waals surface area contributed by atoms with E-state index in [-0.39, 0.29) is 6.03 Å². The Labute approximate surface area is 141 Å². The van der Waals surface area contributed by atoms with Crippen LogP contribution in [0.15, 0.2) is 0 Å². The van der Waals surface area contributed by atoms with Crippen molar-refractivity contribution < 1.29 is 4.79 Å². The number of piperidine rings is 1. The fraction of sp³-hybridized carbons (Fsp3) is 0.947. The first kappa shape index (κ1) is 15.7. The summed E-state index contributed by atoms with van der Waals surface area (Å²) in [6.45, 7) is 4.39. The van der Waals surface area contributed by atoms with Gasteiger partial charge in [-0.05, 0) is 76.3 Å². The first-order valence-corrected chi connectivity index (χ1v) is 10.1. The van der Waals surface area contributed by atoms with Gasteiger partial charge in [-0.15, -0.1) is 0 Å². The van der Waals surface area contributed by atoms with Crippen LogP contribution in [-0.4, -0.2) is 54.1 Å². The number of rotatable bonds is 4. The van der Waals surface area contributed by atoms with Gasteiger partial charge in [0.05, 0.1) is 0 Å². The van der Waals surface area contributed by atoms with E-state index in [1.807, 2.05) is 0 Å². The molecule has 23 heavy (non-hydrogen) atoms. The van der Waals surface area contributed by atoms with E-state index in [1.54, 1.807) is 0 Å². The highest BCUT2D eigenvalue weighted by Crippen LogP contribution is 2.44. The molecule has 2 saturated heterocycles. The molecule has 0 spiro atoms. The molecular formula is C19H33N3O. The second kappa shape index (κ2) is 7.00. The highest BCUT2D eigenvalue weighted by atomic mass is 16.2. The van der Waals surface area contributed by atoms with E-state index < -0.39 is 0 Å². The SMILES string of the molecule is O=C(NC(C1CC1)C1CC1)N1CCCC(N2CCCCCC2)C1. The minimum Gasteiger partial charge on any atom is -0.335 e. The van der Waals surface area contributed by atoms with Gasteiger partial charge < -0.3 is 10.2 Å². The lowest BCUT2D eigenvalue weighted by molar-refractivity contribution is 0.109. The normalized spacial score (nSPS) is 30.3. The van der Waals surface area contributed by atoms with Gasteiger partial charge in [0.2, 0.25) is 0 Å². The van der Waals surface area contributed by atoms with Crippen molar-refractivity contribution in [1.29, 1.82) is 0 Å². The second-order valence-corrected chi connectivity index (χ2v) is 8.34. The van der Waals surface area contributed by atoms with Gasteiger partial charge in [-0.2, -0.15) is 0 Å². The van der Waals surface area contributed by atoms with Crippen LogP contribution in [0.4, 0.5) is 4.79 Å². The van der Waals surface area contributed by atoms with Crippen molar-refractivity contribution in [2.75, 3.05) is 26.2 Å². The van der Waals surface area contributed by atoms with E-state index in [9.17, 15) is 4.79 Å². The van der Waals surface area contributed by atoms with Gasteiger partial charge in [-0.25, -0.2) is 4.79 Å². The van der Waals surface area contributed by atoms with Crippen LogP contribution in [0.1, 0.15) is 64.2 Å². The summed E-state index contributed by atoms with van der Waals surface area (Å²) in [5.41, 5.74) is 0. The molecule has 2 heterocycles. The fourth-order valence-corrected chi connectivity index (χ4v) is 4.66. The summed E-state index contributed by atoms with van der Waals surface area (Å²) in [6, 6.07) is 1.32. The Balaban J connectivity index is 1.31. The molecule has 4 rings (SSSR count). The Kier molecular flexibility index (Phi) is 4.79. The predicted molar refractivity (Wildman–Crippen MR) is 92.4 cm³/mol. The van der Waals surface area contributed by atoms with Crippen molar-refractivity contribution in [2.45, 2.75) is 76.3 Å². The third-order valence-electron chi connectivity index (χ3n) is 6.39. The van der Waals surface area contributed by atoms with Crippen molar-refractivity contribution in [3.05, 3.63) is 0 Å². The van der Waals surface area contributed by atoms with E-state index >= 15 is 0 Å². The lowest BCUT2D eigenvalue weighted by atomic mass is 10.0. The summed E-state index contributed by atoms with van der Waals surface area (Å²) < 4.78 is 0. The van der Waals surface area contributed by atoms with E-state index in [0.717, 1.165) is 24.9 Å². The molecule has 4 fully saturated rings. The minimum absolute atomic E-state index is 0.230. The molecule has 0 aromatic carbocycles. The summed E-state index contributed by atoms with van der Waals surface area (Å²) in [5, 5.41) is 3.41. The van der Waals surface area contributed by atoms with Crippen LogP contribution in [0.2, 0.25) is 0 Å². The summed E-state index contributed by atoms with van der Waals surface area (Å²) in [4.78, 5) is 17.6. The van der Waals surface area contributed by atoms with Crippen molar-refractivity contribution in [3.8, 4) is 0 Å². The number of nitrogens with one attached hydrogen (secondary N) is 1. The summed E-state index contributed by atoms with van der Waals surface area (Å²) in [6.07, 6.45) is 13.2. The maximum Gasteiger partial charge on any atom is 0.317 e. The third kappa shape index (κ3) is 4.01. The van der Waals surface area contributed by atoms with Crippen LogP contribution in [0.3, 0.4) is 0 Å². The number of carbonyl (C=O) groups is 1. The van der Waals surface area contributed by atoms with Crippen molar-refractivity contribution in [1.82, 2.24) is 15.1 Å². The van der Waals surface area contributed by atoms with E-state index in [1.165, 1.54) is 77.3 Å². The number of likely N-dealkylation sites (tertiary alicyclic amines) is 2. The smallest absolute Gasteiger partial charge is 0.317 e. The Morgan fingerprint density at radius 2 is 1.48 bits per heavy atom. The van der Waals surface area contributed by atoms with E-state index in [0.29, 0.717) is 12.1 Å².